The van der Waals surface area contributed by atoms with E-state index in [1.54, 1.807) is 24.4 Å². The van der Waals surface area contributed by atoms with Gasteiger partial charge in [0.25, 0.3) is 5.91 Å². The fraction of sp³-hybridized carbons (Fsp3) is 0.0741. The molecular formula is C27H19F3N8O. The molecule has 12 heteroatoms. The fourth-order valence-corrected chi connectivity index (χ4v) is 4.25. The predicted molar refractivity (Wildman–Crippen MR) is 140 cm³/mol. The van der Waals surface area contributed by atoms with Crippen LogP contribution in [0.2, 0.25) is 0 Å². The first kappa shape index (κ1) is 24.1. The number of nitrogens with one attached hydrogen (secondary N) is 3. The van der Waals surface area contributed by atoms with Crippen LogP contribution >= 0.6 is 0 Å². The predicted octanol–water partition coefficient (Wildman–Crippen LogP) is 6.01. The van der Waals surface area contributed by atoms with E-state index in [4.69, 9.17) is 4.98 Å². The van der Waals surface area contributed by atoms with Gasteiger partial charge in [0.2, 0.25) is 5.95 Å². The van der Waals surface area contributed by atoms with E-state index in [9.17, 15) is 18.0 Å². The molecule has 3 aromatic heterocycles. The quantitative estimate of drug-likeness (QED) is 0.252. The van der Waals surface area contributed by atoms with Crippen LogP contribution in [0.1, 0.15) is 21.5 Å². The van der Waals surface area contributed by atoms with Crippen LogP contribution in [0.5, 0.6) is 0 Å². The van der Waals surface area contributed by atoms with E-state index in [0.717, 1.165) is 28.7 Å². The summed E-state index contributed by atoms with van der Waals surface area (Å²) in [5.74, 6) is 0.366. The lowest BCUT2D eigenvalue weighted by Crippen LogP contribution is -2.14. The average molecular weight is 528 g/mol. The maximum atomic E-state index is 13.1. The van der Waals surface area contributed by atoms with Crippen molar-refractivity contribution in [3.8, 4) is 5.82 Å². The summed E-state index contributed by atoms with van der Waals surface area (Å²) < 4.78 is 41.2. The standard InChI is InChI=1S/C27H19F3N8O/c1-15-9-10-18(34-25(39)16-5-4-6-17(11-16)27(28,29)30)12-21(15)36-26-35-20-7-2-3-8-22(20)38(26)24-19-13-33-37-23(19)31-14-32-24/h2-14H,1H3,(H,34,39)(H,35,36)(H,31,32,33,37). The smallest absolute Gasteiger partial charge is 0.325 e. The second-order valence-corrected chi connectivity index (χ2v) is 8.78. The van der Waals surface area contributed by atoms with Crippen LogP contribution in [0.15, 0.2) is 79.3 Å². The Hall–Kier alpha value is -5.26. The summed E-state index contributed by atoms with van der Waals surface area (Å²) in [5, 5.41) is 13.6. The van der Waals surface area contributed by atoms with Gasteiger partial charge >= 0.3 is 6.18 Å². The third-order valence-corrected chi connectivity index (χ3v) is 6.19. The Bertz CT molecular complexity index is 1860. The lowest BCUT2D eigenvalue weighted by atomic mass is 10.1. The van der Waals surface area contributed by atoms with E-state index >= 15 is 0 Å². The highest BCUT2D eigenvalue weighted by Gasteiger charge is 2.31. The summed E-state index contributed by atoms with van der Waals surface area (Å²) >= 11 is 0. The van der Waals surface area contributed by atoms with Gasteiger partial charge in [0.15, 0.2) is 11.5 Å². The van der Waals surface area contributed by atoms with Gasteiger partial charge in [-0.1, -0.05) is 24.3 Å². The summed E-state index contributed by atoms with van der Waals surface area (Å²) in [6.45, 7) is 1.88. The van der Waals surface area contributed by atoms with Gasteiger partial charge in [-0.25, -0.2) is 15.0 Å². The second-order valence-electron chi connectivity index (χ2n) is 8.78. The Morgan fingerprint density at radius 3 is 2.69 bits per heavy atom. The molecule has 3 aromatic carbocycles. The van der Waals surface area contributed by atoms with E-state index in [2.05, 4.69) is 30.8 Å². The molecule has 0 saturated carbocycles. The first-order valence-electron chi connectivity index (χ1n) is 11.8. The van der Waals surface area contributed by atoms with Crippen LogP contribution in [-0.2, 0) is 6.18 Å². The van der Waals surface area contributed by atoms with Gasteiger partial charge in [0, 0.05) is 16.9 Å². The molecule has 39 heavy (non-hydrogen) atoms. The maximum absolute atomic E-state index is 13.1. The van der Waals surface area contributed by atoms with Crippen molar-refractivity contribution >= 4 is 45.3 Å². The molecular weight excluding hydrogens is 509 g/mol. The zero-order valence-electron chi connectivity index (χ0n) is 20.3. The van der Waals surface area contributed by atoms with Crippen molar-refractivity contribution in [3.05, 3.63) is 95.9 Å². The molecule has 0 aliphatic heterocycles. The van der Waals surface area contributed by atoms with E-state index < -0.39 is 17.6 Å². The minimum absolute atomic E-state index is 0.102. The van der Waals surface area contributed by atoms with Crippen molar-refractivity contribution in [2.75, 3.05) is 10.6 Å². The number of halogens is 3. The normalized spacial score (nSPS) is 11.7. The number of hydrogen-bond donors (Lipinski definition) is 3. The Morgan fingerprint density at radius 1 is 1.00 bits per heavy atom. The number of anilines is 3. The van der Waals surface area contributed by atoms with Crippen LogP contribution in [0, 0.1) is 6.92 Å². The highest BCUT2D eigenvalue weighted by atomic mass is 19.4. The van der Waals surface area contributed by atoms with Gasteiger partial charge in [-0.15, -0.1) is 0 Å². The number of para-hydroxylation sites is 2. The number of imidazole rings is 1. The van der Waals surface area contributed by atoms with E-state index in [1.807, 2.05) is 35.8 Å². The highest BCUT2D eigenvalue weighted by molar-refractivity contribution is 6.04. The first-order chi connectivity index (χ1) is 18.8. The van der Waals surface area contributed by atoms with E-state index in [-0.39, 0.29) is 5.56 Å². The minimum atomic E-state index is -4.55. The van der Waals surface area contributed by atoms with Crippen molar-refractivity contribution < 1.29 is 18.0 Å². The minimum Gasteiger partial charge on any atom is -0.325 e. The van der Waals surface area contributed by atoms with Crippen molar-refractivity contribution in [3.63, 3.8) is 0 Å². The van der Waals surface area contributed by atoms with Gasteiger partial charge in [-0.05, 0) is 55.0 Å². The summed E-state index contributed by atoms with van der Waals surface area (Å²) in [5.41, 5.74) is 2.97. The topological polar surface area (TPSA) is 113 Å². The van der Waals surface area contributed by atoms with Crippen LogP contribution in [0.4, 0.5) is 30.5 Å². The Morgan fingerprint density at radius 2 is 1.85 bits per heavy atom. The molecule has 6 rings (SSSR count). The van der Waals surface area contributed by atoms with Crippen molar-refractivity contribution in [1.29, 1.82) is 0 Å². The summed E-state index contributed by atoms with van der Waals surface area (Å²) in [7, 11) is 0. The number of fused-ring (bicyclic) bond motifs is 2. The zero-order chi connectivity index (χ0) is 27.1. The number of nitrogens with zero attached hydrogens (tertiary/aromatic N) is 5. The summed E-state index contributed by atoms with van der Waals surface area (Å²) in [6.07, 6.45) is -1.48. The molecule has 3 heterocycles. The number of H-pyrrole nitrogens is 1. The number of amides is 1. The van der Waals surface area contributed by atoms with E-state index in [0.29, 0.717) is 34.2 Å². The molecule has 1 amide bonds. The molecule has 0 spiro atoms. The highest BCUT2D eigenvalue weighted by Crippen LogP contribution is 2.32. The fourth-order valence-electron chi connectivity index (χ4n) is 4.25. The summed E-state index contributed by atoms with van der Waals surface area (Å²) in [6, 6.07) is 17.0. The molecule has 0 radical (unpaired) electrons. The third-order valence-electron chi connectivity index (χ3n) is 6.19. The largest absolute Gasteiger partial charge is 0.416 e. The van der Waals surface area contributed by atoms with E-state index in [1.165, 1.54) is 18.5 Å². The van der Waals surface area contributed by atoms with Crippen molar-refractivity contribution in [2.45, 2.75) is 13.1 Å². The lowest BCUT2D eigenvalue weighted by molar-refractivity contribution is -0.137. The Balaban J connectivity index is 1.36. The molecule has 0 atom stereocenters. The van der Waals surface area contributed by atoms with Gasteiger partial charge in [0.05, 0.1) is 28.2 Å². The van der Waals surface area contributed by atoms with Crippen molar-refractivity contribution in [2.24, 2.45) is 0 Å². The molecule has 0 bridgehead atoms. The SMILES string of the molecule is Cc1ccc(NC(=O)c2cccc(C(F)(F)F)c2)cc1Nc1nc2ccccc2n1-c1ncnc2[nH]ncc12. The van der Waals surface area contributed by atoms with Gasteiger partial charge in [0.1, 0.15) is 6.33 Å². The Kier molecular flexibility index (Phi) is 5.71. The number of aromatic amines is 1. The number of alkyl halides is 3. The number of aromatic nitrogens is 6. The number of carbonyl (C=O) groups excluding carboxylic acids is 1. The molecule has 6 aromatic rings. The van der Waals surface area contributed by atoms with Crippen LogP contribution in [-0.4, -0.2) is 35.6 Å². The first-order valence-corrected chi connectivity index (χ1v) is 11.8. The summed E-state index contributed by atoms with van der Waals surface area (Å²) in [4.78, 5) is 26.2. The van der Waals surface area contributed by atoms with Gasteiger partial charge < -0.3 is 10.6 Å². The van der Waals surface area contributed by atoms with Crippen LogP contribution in [0.3, 0.4) is 0 Å². The van der Waals surface area contributed by atoms with Crippen molar-refractivity contribution in [1.82, 2.24) is 29.7 Å². The number of carbonyl (C=O) groups is 1. The van der Waals surface area contributed by atoms with Crippen LogP contribution in [0.25, 0.3) is 27.9 Å². The molecule has 3 N–H and O–H groups in total. The third kappa shape index (κ3) is 4.52. The number of aryl methyl sites for hydroxylation is 1. The van der Waals surface area contributed by atoms with Crippen LogP contribution < -0.4 is 10.6 Å². The molecule has 0 aliphatic rings. The number of benzene rings is 3. The zero-order valence-corrected chi connectivity index (χ0v) is 20.3. The maximum Gasteiger partial charge on any atom is 0.416 e. The average Bonchev–Trinajstić information content (AvgIpc) is 3.55. The number of hydrogen-bond acceptors (Lipinski definition) is 6. The van der Waals surface area contributed by atoms with Gasteiger partial charge in [-0.2, -0.15) is 18.3 Å². The van der Waals surface area contributed by atoms with Gasteiger partial charge in [-0.3, -0.25) is 14.5 Å². The lowest BCUT2D eigenvalue weighted by Gasteiger charge is -2.14. The monoisotopic (exact) mass is 528 g/mol. The number of rotatable bonds is 5. The molecule has 0 unspecified atom stereocenters. The second kappa shape index (κ2) is 9.24. The molecule has 9 nitrogen and oxygen atoms in total. The molecule has 0 aliphatic carbocycles. The molecule has 0 fully saturated rings. The Labute approximate surface area is 218 Å². The molecule has 0 saturated heterocycles. The molecule has 194 valence electrons.